The van der Waals surface area contributed by atoms with E-state index in [1.165, 1.54) is 14.2 Å². The molecule has 2 aromatic rings. The molecule has 0 saturated heterocycles. The van der Waals surface area contributed by atoms with Gasteiger partial charge in [0.15, 0.2) is 0 Å². The van der Waals surface area contributed by atoms with Crippen LogP contribution in [-0.4, -0.2) is 32.3 Å². The van der Waals surface area contributed by atoms with Gasteiger partial charge in [0.1, 0.15) is 17.4 Å². The van der Waals surface area contributed by atoms with Crippen LogP contribution in [0, 0.1) is 11.3 Å². The summed E-state index contributed by atoms with van der Waals surface area (Å²) in [5.41, 5.74) is 4.99. The molecule has 158 valence electrons. The predicted octanol–water partition coefficient (Wildman–Crippen LogP) is 5.20. The van der Waals surface area contributed by atoms with Gasteiger partial charge in [-0.15, -0.1) is 0 Å². The SMILES string of the molecule is COC(=O)c1cc(-c2cc(-c3ccccc3OC)c(C#N)c(OC)n2)c2cccccc1-2. The first kappa shape index (κ1) is 20.9. The predicted molar refractivity (Wildman–Crippen MR) is 121 cm³/mol. The van der Waals surface area contributed by atoms with Crippen molar-refractivity contribution >= 4 is 5.97 Å². The summed E-state index contributed by atoms with van der Waals surface area (Å²) in [6, 6.07) is 22.7. The van der Waals surface area contributed by atoms with E-state index in [0.29, 0.717) is 28.1 Å². The van der Waals surface area contributed by atoms with E-state index in [0.717, 1.165) is 22.3 Å². The fraction of sp³-hybridized carbons (Fsp3) is 0.115. The second-order valence-electron chi connectivity index (χ2n) is 6.95. The molecule has 0 atom stereocenters. The van der Waals surface area contributed by atoms with E-state index in [1.54, 1.807) is 13.2 Å². The van der Waals surface area contributed by atoms with Gasteiger partial charge in [-0.25, -0.2) is 9.78 Å². The molecule has 0 unspecified atom stereocenters. The van der Waals surface area contributed by atoms with Crippen molar-refractivity contribution in [2.24, 2.45) is 0 Å². The number of carbonyl (C=O) groups excluding carboxylic acids is 1. The van der Waals surface area contributed by atoms with Crippen molar-refractivity contribution in [2.75, 3.05) is 21.3 Å². The van der Waals surface area contributed by atoms with Crippen molar-refractivity contribution in [3.8, 4) is 51.2 Å². The Balaban J connectivity index is 2.04. The number of carbonyl (C=O) groups is 1. The molecule has 0 bridgehead atoms. The van der Waals surface area contributed by atoms with E-state index < -0.39 is 5.97 Å². The molecule has 2 aliphatic carbocycles. The molecule has 0 radical (unpaired) electrons. The van der Waals surface area contributed by atoms with E-state index in [2.05, 4.69) is 11.1 Å². The molecular weight excluding hydrogens is 404 g/mol. The number of methoxy groups -OCH3 is 3. The largest absolute Gasteiger partial charge is 0.496 e. The minimum absolute atomic E-state index is 0.195. The maximum atomic E-state index is 12.4. The zero-order valence-corrected chi connectivity index (χ0v) is 17.9. The van der Waals surface area contributed by atoms with Crippen molar-refractivity contribution in [3.63, 3.8) is 0 Å². The smallest absolute Gasteiger partial charge is 0.338 e. The zero-order valence-electron chi connectivity index (χ0n) is 17.9. The Morgan fingerprint density at radius 2 is 1.50 bits per heavy atom. The van der Waals surface area contributed by atoms with Gasteiger partial charge in [0, 0.05) is 16.7 Å². The van der Waals surface area contributed by atoms with Gasteiger partial charge in [0.05, 0.1) is 32.6 Å². The number of hydrogen-bond donors (Lipinski definition) is 0. The normalized spacial score (nSPS) is 10.4. The molecule has 0 saturated carbocycles. The van der Waals surface area contributed by atoms with Crippen LogP contribution >= 0.6 is 0 Å². The summed E-state index contributed by atoms with van der Waals surface area (Å²) in [6.07, 6.45) is 0. The second kappa shape index (κ2) is 8.78. The van der Waals surface area contributed by atoms with Crippen LogP contribution in [0.15, 0.2) is 66.7 Å². The van der Waals surface area contributed by atoms with Gasteiger partial charge in [-0.1, -0.05) is 48.5 Å². The summed E-state index contributed by atoms with van der Waals surface area (Å²) in [4.78, 5) is 17.0. The van der Waals surface area contributed by atoms with Crippen LogP contribution < -0.4 is 9.47 Å². The lowest BCUT2D eigenvalue weighted by molar-refractivity contribution is 0.0602. The lowest BCUT2D eigenvalue weighted by atomic mass is 9.97. The van der Waals surface area contributed by atoms with Crippen molar-refractivity contribution in [2.45, 2.75) is 0 Å². The average Bonchev–Trinajstić information content (AvgIpc) is 3.03. The van der Waals surface area contributed by atoms with Crippen molar-refractivity contribution < 1.29 is 19.0 Å². The minimum Gasteiger partial charge on any atom is -0.496 e. The van der Waals surface area contributed by atoms with Crippen LogP contribution in [0.3, 0.4) is 0 Å². The second-order valence-corrected chi connectivity index (χ2v) is 6.95. The molecule has 2 aliphatic rings. The monoisotopic (exact) mass is 424 g/mol. The Labute approximate surface area is 186 Å². The minimum atomic E-state index is -0.432. The number of benzene rings is 1. The molecule has 0 amide bonds. The third-order valence-corrected chi connectivity index (χ3v) is 5.28. The average molecular weight is 424 g/mol. The zero-order chi connectivity index (χ0) is 22.7. The summed E-state index contributed by atoms with van der Waals surface area (Å²) < 4.78 is 16.0. The molecule has 32 heavy (non-hydrogen) atoms. The topological polar surface area (TPSA) is 81.4 Å². The number of fused-ring (bicyclic) bond motifs is 1. The standard InChI is InChI=1S/C26H20N2O4/c1-30-24-12-8-7-11-18(24)19-14-23(28-25(31-2)22(19)15-27)20-13-21(26(29)32-3)17-10-6-4-5-9-16(17)20/h4-14H,1-3H3. The molecule has 6 heteroatoms. The number of rotatable bonds is 5. The number of para-hydroxylation sites is 1. The molecular formula is C26H20N2O4. The molecule has 0 spiro atoms. The number of ether oxygens (including phenoxy) is 3. The molecule has 0 fully saturated rings. The van der Waals surface area contributed by atoms with Gasteiger partial charge in [0.25, 0.3) is 0 Å². The fourth-order valence-corrected chi connectivity index (χ4v) is 3.80. The highest BCUT2D eigenvalue weighted by molar-refractivity contribution is 6.04. The third-order valence-electron chi connectivity index (χ3n) is 5.28. The van der Waals surface area contributed by atoms with Gasteiger partial charge in [-0.2, -0.15) is 5.26 Å². The Hall–Kier alpha value is -4.37. The number of nitrogens with zero attached hydrogens (tertiary/aromatic N) is 2. The van der Waals surface area contributed by atoms with Crippen LogP contribution in [0.1, 0.15) is 15.9 Å². The van der Waals surface area contributed by atoms with Crippen molar-refractivity contribution in [3.05, 3.63) is 77.9 Å². The van der Waals surface area contributed by atoms with Gasteiger partial charge in [0.2, 0.25) is 5.88 Å². The van der Waals surface area contributed by atoms with Gasteiger partial charge in [-0.3, -0.25) is 0 Å². The lowest BCUT2D eigenvalue weighted by Crippen LogP contribution is -2.00. The maximum absolute atomic E-state index is 12.4. The fourth-order valence-electron chi connectivity index (χ4n) is 3.80. The number of pyridine rings is 1. The number of nitriles is 1. The molecule has 4 rings (SSSR count). The summed E-state index contributed by atoms with van der Waals surface area (Å²) in [6.45, 7) is 0. The molecule has 1 aromatic heterocycles. The van der Waals surface area contributed by atoms with Gasteiger partial charge < -0.3 is 14.2 Å². The van der Waals surface area contributed by atoms with Crippen LogP contribution in [-0.2, 0) is 4.74 Å². The van der Waals surface area contributed by atoms with Crippen LogP contribution in [0.2, 0.25) is 0 Å². The quantitative estimate of drug-likeness (QED) is 0.410. The van der Waals surface area contributed by atoms with E-state index in [-0.39, 0.29) is 5.88 Å². The van der Waals surface area contributed by atoms with Gasteiger partial charge >= 0.3 is 5.97 Å². The van der Waals surface area contributed by atoms with E-state index in [1.807, 2.05) is 60.7 Å². The first-order valence-corrected chi connectivity index (χ1v) is 9.85. The van der Waals surface area contributed by atoms with E-state index >= 15 is 0 Å². The van der Waals surface area contributed by atoms with E-state index in [9.17, 15) is 10.1 Å². The molecule has 1 aromatic carbocycles. The molecule has 0 N–H and O–H groups in total. The molecule has 6 nitrogen and oxygen atoms in total. The van der Waals surface area contributed by atoms with Gasteiger partial charge in [-0.05, 0) is 29.3 Å². The lowest BCUT2D eigenvalue weighted by Gasteiger charge is -2.14. The maximum Gasteiger partial charge on any atom is 0.338 e. The van der Waals surface area contributed by atoms with Crippen LogP contribution in [0.25, 0.3) is 33.5 Å². The number of hydrogen-bond acceptors (Lipinski definition) is 6. The summed E-state index contributed by atoms with van der Waals surface area (Å²) in [7, 11) is 4.41. The van der Waals surface area contributed by atoms with Crippen molar-refractivity contribution in [1.29, 1.82) is 5.26 Å². The Bertz CT molecular complexity index is 1320. The number of aromatic nitrogens is 1. The Morgan fingerprint density at radius 1 is 0.812 bits per heavy atom. The highest BCUT2D eigenvalue weighted by atomic mass is 16.5. The molecule has 0 aliphatic heterocycles. The Morgan fingerprint density at radius 3 is 2.19 bits per heavy atom. The summed E-state index contributed by atoms with van der Waals surface area (Å²) in [5.74, 6) is 0.385. The highest BCUT2D eigenvalue weighted by Crippen LogP contribution is 2.42. The third kappa shape index (κ3) is 3.50. The first-order valence-electron chi connectivity index (χ1n) is 9.85. The first-order chi connectivity index (χ1) is 15.6. The van der Waals surface area contributed by atoms with Crippen LogP contribution in [0.4, 0.5) is 0 Å². The van der Waals surface area contributed by atoms with Crippen molar-refractivity contribution in [1.82, 2.24) is 4.98 Å². The molecule has 1 heterocycles. The Kier molecular flexibility index (Phi) is 5.73. The highest BCUT2D eigenvalue weighted by Gasteiger charge is 2.24. The summed E-state index contributed by atoms with van der Waals surface area (Å²) >= 11 is 0. The number of esters is 1. The van der Waals surface area contributed by atoms with E-state index in [4.69, 9.17) is 14.2 Å². The summed E-state index contributed by atoms with van der Waals surface area (Å²) in [5, 5.41) is 9.86. The van der Waals surface area contributed by atoms with Crippen LogP contribution in [0.5, 0.6) is 11.6 Å².